The Morgan fingerprint density at radius 3 is 2.90 bits per heavy atom. The van der Waals surface area contributed by atoms with E-state index in [9.17, 15) is 4.39 Å². The second kappa shape index (κ2) is 5.98. The zero-order chi connectivity index (χ0) is 14.8. The molecule has 1 aliphatic rings. The molecule has 1 aromatic carbocycles. The van der Waals surface area contributed by atoms with Crippen molar-refractivity contribution in [2.24, 2.45) is 0 Å². The van der Waals surface area contributed by atoms with Gasteiger partial charge in [0.1, 0.15) is 17.3 Å². The SMILES string of the molecule is CC(C)c1cc(C2CCCN2Cc2ccccc2F)no1. The molecule has 2 aromatic rings. The van der Waals surface area contributed by atoms with E-state index in [4.69, 9.17) is 4.52 Å². The van der Waals surface area contributed by atoms with Crippen LogP contribution in [0.5, 0.6) is 0 Å². The van der Waals surface area contributed by atoms with Gasteiger partial charge in [-0.1, -0.05) is 37.2 Å². The Morgan fingerprint density at radius 1 is 1.38 bits per heavy atom. The summed E-state index contributed by atoms with van der Waals surface area (Å²) in [5.74, 6) is 1.13. The molecule has 21 heavy (non-hydrogen) atoms. The summed E-state index contributed by atoms with van der Waals surface area (Å²) in [5, 5.41) is 4.22. The molecule has 0 amide bonds. The molecule has 0 aliphatic carbocycles. The van der Waals surface area contributed by atoms with Crippen LogP contribution in [0.1, 0.15) is 55.7 Å². The first-order valence-corrected chi connectivity index (χ1v) is 7.59. The molecule has 1 saturated heterocycles. The van der Waals surface area contributed by atoms with Crippen LogP contribution in [0.4, 0.5) is 4.39 Å². The van der Waals surface area contributed by atoms with Crippen molar-refractivity contribution >= 4 is 0 Å². The van der Waals surface area contributed by atoms with Crippen molar-refractivity contribution in [2.75, 3.05) is 6.54 Å². The molecule has 3 nitrogen and oxygen atoms in total. The summed E-state index contributed by atoms with van der Waals surface area (Å²) in [7, 11) is 0. The van der Waals surface area contributed by atoms with E-state index in [2.05, 4.69) is 30.0 Å². The van der Waals surface area contributed by atoms with Crippen molar-refractivity contribution in [3.8, 4) is 0 Å². The average Bonchev–Trinajstić information content (AvgIpc) is 3.09. The fourth-order valence-corrected chi connectivity index (χ4v) is 2.93. The van der Waals surface area contributed by atoms with Gasteiger partial charge in [0.15, 0.2) is 0 Å². The van der Waals surface area contributed by atoms with E-state index >= 15 is 0 Å². The van der Waals surface area contributed by atoms with E-state index in [1.54, 1.807) is 6.07 Å². The molecule has 1 fully saturated rings. The number of halogens is 1. The molecule has 1 aromatic heterocycles. The lowest BCUT2D eigenvalue weighted by Gasteiger charge is -2.22. The molecule has 3 rings (SSSR count). The normalized spacial score (nSPS) is 19.5. The van der Waals surface area contributed by atoms with Crippen LogP contribution in [0.3, 0.4) is 0 Å². The Balaban J connectivity index is 1.77. The lowest BCUT2D eigenvalue weighted by atomic mass is 10.1. The summed E-state index contributed by atoms with van der Waals surface area (Å²) in [6, 6.07) is 9.28. The molecule has 1 unspecified atom stereocenters. The minimum Gasteiger partial charge on any atom is -0.361 e. The maximum atomic E-state index is 13.8. The highest BCUT2D eigenvalue weighted by atomic mass is 19.1. The Labute approximate surface area is 124 Å². The Bertz CT molecular complexity index is 608. The van der Waals surface area contributed by atoms with Gasteiger partial charge in [-0.05, 0) is 25.5 Å². The van der Waals surface area contributed by atoms with Crippen LogP contribution in [-0.2, 0) is 6.54 Å². The minimum atomic E-state index is -0.133. The molecule has 0 N–H and O–H groups in total. The molecule has 1 atom stereocenters. The van der Waals surface area contributed by atoms with E-state index in [1.807, 2.05) is 12.1 Å². The van der Waals surface area contributed by atoms with Gasteiger partial charge < -0.3 is 4.52 Å². The first-order chi connectivity index (χ1) is 10.1. The molecule has 112 valence electrons. The van der Waals surface area contributed by atoms with Gasteiger partial charge in [0, 0.05) is 24.1 Å². The predicted molar refractivity (Wildman–Crippen MR) is 79.4 cm³/mol. The number of hydrogen-bond acceptors (Lipinski definition) is 3. The Morgan fingerprint density at radius 2 is 2.19 bits per heavy atom. The smallest absolute Gasteiger partial charge is 0.139 e. The average molecular weight is 288 g/mol. The van der Waals surface area contributed by atoms with Crippen molar-refractivity contribution in [3.05, 3.63) is 53.2 Å². The number of likely N-dealkylation sites (tertiary alicyclic amines) is 1. The van der Waals surface area contributed by atoms with Gasteiger partial charge in [0.25, 0.3) is 0 Å². The van der Waals surface area contributed by atoms with Crippen LogP contribution >= 0.6 is 0 Å². The highest BCUT2D eigenvalue weighted by molar-refractivity contribution is 5.19. The molecule has 2 heterocycles. The monoisotopic (exact) mass is 288 g/mol. The van der Waals surface area contributed by atoms with Crippen molar-refractivity contribution in [2.45, 2.75) is 45.2 Å². The second-order valence-electron chi connectivity index (χ2n) is 6.03. The standard InChI is InChI=1S/C17H21FN2O/c1-12(2)17-10-15(19-21-17)16-8-5-9-20(16)11-13-6-3-4-7-14(13)18/h3-4,6-7,10,12,16H,5,8-9,11H2,1-2H3. The van der Waals surface area contributed by atoms with Crippen LogP contribution < -0.4 is 0 Å². The van der Waals surface area contributed by atoms with Gasteiger partial charge in [-0.15, -0.1) is 0 Å². The van der Waals surface area contributed by atoms with Gasteiger partial charge in [-0.25, -0.2) is 4.39 Å². The van der Waals surface area contributed by atoms with Gasteiger partial charge in [-0.3, -0.25) is 4.90 Å². The van der Waals surface area contributed by atoms with Crippen molar-refractivity contribution < 1.29 is 8.91 Å². The van der Waals surface area contributed by atoms with Crippen LogP contribution in [0.25, 0.3) is 0 Å². The number of benzene rings is 1. The second-order valence-corrected chi connectivity index (χ2v) is 6.03. The predicted octanol–water partition coefficient (Wildman–Crippen LogP) is 4.27. The molecule has 0 saturated carbocycles. The molecular weight excluding hydrogens is 267 g/mol. The molecule has 0 bridgehead atoms. The number of rotatable bonds is 4. The van der Waals surface area contributed by atoms with Gasteiger partial charge in [0.2, 0.25) is 0 Å². The van der Waals surface area contributed by atoms with Gasteiger partial charge >= 0.3 is 0 Å². The zero-order valence-electron chi connectivity index (χ0n) is 12.6. The topological polar surface area (TPSA) is 29.3 Å². The minimum absolute atomic E-state index is 0.133. The molecule has 1 aliphatic heterocycles. The summed E-state index contributed by atoms with van der Waals surface area (Å²) in [6.45, 7) is 5.79. The van der Waals surface area contributed by atoms with E-state index in [0.29, 0.717) is 12.5 Å². The van der Waals surface area contributed by atoms with Crippen LogP contribution in [-0.4, -0.2) is 16.6 Å². The molecule has 4 heteroatoms. The summed E-state index contributed by atoms with van der Waals surface area (Å²) in [5.41, 5.74) is 1.73. The quantitative estimate of drug-likeness (QED) is 0.841. The van der Waals surface area contributed by atoms with E-state index in [0.717, 1.165) is 36.4 Å². The third kappa shape index (κ3) is 3.00. The first-order valence-electron chi connectivity index (χ1n) is 7.59. The van der Waals surface area contributed by atoms with Crippen LogP contribution in [0.15, 0.2) is 34.9 Å². The summed E-state index contributed by atoms with van der Waals surface area (Å²) in [6.07, 6.45) is 2.17. The maximum Gasteiger partial charge on any atom is 0.139 e. The van der Waals surface area contributed by atoms with Crippen molar-refractivity contribution in [1.82, 2.24) is 10.1 Å². The van der Waals surface area contributed by atoms with E-state index < -0.39 is 0 Å². The summed E-state index contributed by atoms with van der Waals surface area (Å²) >= 11 is 0. The zero-order valence-corrected chi connectivity index (χ0v) is 12.6. The number of hydrogen-bond donors (Lipinski definition) is 0. The molecular formula is C17H21FN2O. The van der Waals surface area contributed by atoms with E-state index in [1.165, 1.54) is 6.07 Å². The summed E-state index contributed by atoms with van der Waals surface area (Å²) < 4.78 is 19.2. The largest absolute Gasteiger partial charge is 0.361 e. The third-order valence-electron chi connectivity index (χ3n) is 4.15. The molecule has 0 spiro atoms. The Hall–Kier alpha value is -1.68. The third-order valence-corrected chi connectivity index (χ3v) is 4.15. The maximum absolute atomic E-state index is 13.8. The number of nitrogens with zero attached hydrogens (tertiary/aromatic N) is 2. The molecule has 0 radical (unpaired) electrons. The lowest BCUT2D eigenvalue weighted by Crippen LogP contribution is -2.23. The Kier molecular flexibility index (Phi) is 4.06. The highest BCUT2D eigenvalue weighted by Gasteiger charge is 2.29. The number of aromatic nitrogens is 1. The van der Waals surface area contributed by atoms with Gasteiger partial charge in [-0.2, -0.15) is 0 Å². The van der Waals surface area contributed by atoms with Crippen molar-refractivity contribution in [3.63, 3.8) is 0 Å². The lowest BCUT2D eigenvalue weighted by molar-refractivity contribution is 0.233. The summed E-state index contributed by atoms with van der Waals surface area (Å²) in [4.78, 5) is 2.29. The van der Waals surface area contributed by atoms with Crippen LogP contribution in [0, 0.1) is 5.82 Å². The fourth-order valence-electron chi connectivity index (χ4n) is 2.93. The van der Waals surface area contributed by atoms with Crippen LogP contribution in [0.2, 0.25) is 0 Å². The first kappa shape index (κ1) is 14.3. The highest BCUT2D eigenvalue weighted by Crippen LogP contribution is 2.34. The van der Waals surface area contributed by atoms with Gasteiger partial charge in [0.05, 0.1) is 6.04 Å². The van der Waals surface area contributed by atoms with Crippen molar-refractivity contribution in [1.29, 1.82) is 0 Å². The fraction of sp³-hybridized carbons (Fsp3) is 0.471. The van der Waals surface area contributed by atoms with E-state index in [-0.39, 0.29) is 11.9 Å².